The van der Waals surface area contributed by atoms with Gasteiger partial charge in [-0.15, -0.1) is 0 Å². The molecule has 4 rings (SSSR count). The molecule has 1 aromatic heterocycles. The zero-order chi connectivity index (χ0) is 19.0. The third-order valence-electron chi connectivity index (χ3n) is 4.81. The third kappa shape index (κ3) is 3.65. The van der Waals surface area contributed by atoms with Crippen molar-refractivity contribution in [3.8, 4) is 0 Å². The van der Waals surface area contributed by atoms with Crippen molar-refractivity contribution in [3.05, 3.63) is 59.2 Å². The lowest BCUT2D eigenvalue weighted by atomic mass is 10.1. The summed E-state index contributed by atoms with van der Waals surface area (Å²) in [5, 5.41) is 6.48. The molecular formula is C19H19BrN4O2S. The molecule has 1 saturated heterocycles. The van der Waals surface area contributed by atoms with E-state index in [1.165, 1.54) is 0 Å². The van der Waals surface area contributed by atoms with E-state index in [4.69, 9.17) is 5.14 Å². The molecule has 8 heteroatoms. The Morgan fingerprint density at radius 1 is 0.926 bits per heavy atom. The highest BCUT2D eigenvalue weighted by Crippen LogP contribution is 2.30. The predicted molar refractivity (Wildman–Crippen MR) is 112 cm³/mol. The Labute approximate surface area is 166 Å². The smallest absolute Gasteiger partial charge is 0.240 e. The number of pyridine rings is 1. The number of halogens is 1. The Morgan fingerprint density at radius 2 is 1.59 bits per heavy atom. The van der Waals surface area contributed by atoms with E-state index in [-0.39, 0.29) is 4.90 Å². The van der Waals surface area contributed by atoms with Gasteiger partial charge in [-0.2, -0.15) is 0 Å². The van der Waals surface area contributed by atoms with Gasteiger partial charge >= 0.3 is 0 Å². The number of nitrogens with zero attached hydrogens (tertiary/aromatic N) is 3. The van der Waals surface area contributed by atoms with Gasteiger partial charge in [0.05, 0.1) is 11.2 Å². The third-order valence-corrected chi connectivity index (χ3v) is 6.26. The molecule has 2 N–H and O–H groups in total. The van der Waals surface area contributed by atoms with Crippen LogP contribution in [0, 0.1) is 0 Å². The molecule has 1 fully saturated rings. The predicted octanol–water partition coefficient (Wildman–Crippen LogP) is 2.97. The Bertz CT molecular complexity index is 1100. The number of benzene rings is 2. The van der Waals surface area contributed by atoms with Crippen LogP contribution in [0.4, 0.5) is 11.4 Å². The Balaban J connectivity index is 1.60. The minimum Gasteiger partial charge on any atom is -0.367 e. The maximum atomic E-state index is 11.9. The van der Waals surface area contributed by atoms with E-state index in [1.807, 2.05) is 36.5 Å². The first-order valence-corrected chi connectivity index (χ1v) is 10.9. The summed E-state index contributed by atoms with van der Waals surface area (Å²) < 4.78 is 24.8. The maximum Gasteiger partial charge on any atom is 0.240 e. The van der Waals surface area contributed by atoms with Gasteiger partial charge in [-0.3, -0.25) is 4.98 Å². The Hall–Kier alpha value is -2.16. The zero-order valence-electron chi connectivity index (χ0n) is 14.5. The van der Waals surface area contributed by atoms with Crippen molar-refractivity contribution in [2.75, 3.05) is 36.0 Å². The van der Waals surface area contributed by atoms with E-state index in [9.17, 15) is 8.42 Å². The van der Waals surface area contributed by atoms with E-state index in [2.05, 4.69) is 36.8 Å². The highest BCUT2D eigenvalue weighted by molar-refractivity contribution is 9.10. The topological polar surface area (TPSA) is 79.5 Å². The second-order valence-electron chi connectivity index (χ2n) is 6.48. The lowest BCUT2D eigenvalue weighted by molar-refractivity contribution is 0.595. The molecule has 0 atom stereocenters. The van der Waals surface area contributed by atoms with Crippen LogP contribution < -0.4 is 14.9 Å². The summed E-state index contributed by atoms with van der Waals surface area (Å²) in [6.07, 6.45) is 1.83. The molecule has 0 saturated carbocycles. The summed E-state index contributed by atoms with van der Waals surface area (Å²) in [4.78, 5) is 9.01. The normalized spacial score (nSPS) is 15.3. The van der Waals surface area contributed by atoms with E-state index >= 15 is 0 Å². The lowest BCUT2D eigenvalue weighted by Gasteiger charge is -2.38. The van der Waals surface area contributed by atoms with Crippen molar-refractivity contribution in [1.29, 1.82) is 0 Å². The molecule has 0 bridgehead atoms. The van der Waals surface area contributed by atoms with Crippen LogP contribution in [0.25, 0.3) is 10.9 Å². The summed E-state index contributed by atoms with van der Waals surface area (Å²) in [5.41, 5.74) is 2.76. The summed E-state index contributed by atoms with van der Waals surface area (Å²) in [6, 6.07) is 15.0. The monoisotopic (exact) mass is 446 g/mol. The van der Waals surface area contributed by atoms with Crippen LogP contribution in [0.3, 0.4) is 0 Å². The number of rotatable bonds is 3. The highest BCUT2D eigenvalue weighted by atomic mass is 79.9. The van der Waals surface area contributed by atoms with E-state index < -0.39 is 10.0 Å². The minimum atomic E-state index is -3.75. The number of aromatic nitrogens is 1. The van der Waals surface area contributed by atoms with Gasteiger partial charge in [-0.1, -0.05) is 28.1 Å². The van der Waals surface area contributed by atoms with Crippen molar-refractivity contribution in [3.63, 3.8) is 0 Å². The molecule has 3 aromatic rings. The average molecular weight is 447 g/mol. The molecule has 0 amide bonds. The molecule has 0 spiro atoms. The number of primary sulfonamides is 1. The Morgan fingerprint density at radius 3 is 2.30 bits per heavy atom. The molecule has 0 unspecified atom stereocenters. The van der Waals surface area contributed by atoms with Crippen molar-refractivity contribution in [2.45, 2.75) is 4.90 Å². The summed E-state index contributed by atoms with van der Waals surface area (Å²) in [6.45, 7) is 2.99. The number of anilines is 2. The van der Waals surface area contributed by atoms with Crippen molar-refractivity contribution in [1.82, 2.24) is 4.98 Å². The molecule has 1 aliphatic heterocycles. The van der Waals surface area contributed by atoms with Gasteiger partial charge in [0, 0.05) is 47.9 Å². The quantitative estimate of drug-likeness (QED) is 0.668. The highest BCUT2D eigenvalue weighted by Gasteiger charge is 2.23. The van der Waals surface area contributed by atoms with E-state index in [1.54, 1.807) is 12.1 Å². The van der Waals surface area contributed by atoms with Crippen molar-refractivity contribution < 1.29 is 8.42 Å². The van der Waals surface area contributed by atoms with Gasteiger partial charge in [-0.25, -0.2) is 13.6 Å². The first kappa shape index (κ1) is 18.2. The van der Waals surface area contributed by atoms with Crippen LogP contribution in [-0.4, -0.2) is 39.6 Å². The van der Waals surface area contributed by atoms with Crippen LogP contribution in [0.1, 0.15) is 0 Å². The van der Waals surface area contributed by atoms with Crippen LogP contribution in [0.5, 0.6) is 0 Å². The Kier molecular flexibility index (Phi) is 4.79. The van der Waals surface area contributed by atoms with Gasteiger partial charge in [-0.05, 0) is 36.4 Å². The average Bonchev–Trinajstić information content (AvgIpc) is 2.67. The van der Waals surface area contributed by atoms with E-state index in [0.717, 1.165) is 34.2 Å². The number of hydrogen-bond acceptors (Lipinski definition) is 5. The van der Waals surface area contributed by atoms with Crippen LogP contribution >= 0.6 is 15.9 Å². The molecule has 0 aliphatic carbocycles. The summed E-state index contributed by atoms with van der Waals surface area (Å²) in [7, 11) is -3.75. The number of sulfonamides is 1. The number of fused-ring (bicyclic) bond motifs is 1. The molecule has 140 valence electrons. The molecule has 1 aliphatic rings. The lowest BCUT2D eigenvalue weighted by Crippen LogP contribution is -2.47. The second-order valence-corrected chi connectivity index (χ2v) is 8.92. The largest absolute Gasteiger partial charge is 0.367 e. The molecule has 2 aromatic carbocycles. The number of para-hydroxylation sites is 1. The van der Waals surface area contributed by atoms with Crippen LogP contribution in [0.2, 0.25) is 0 Å². The van der Waals surface area contributed by atoms with Crippen molar-refractivity contribution >= 4 is 48.2 Å². The fraction of sp³-hybridized carbons (Fsp3) is 0.211. The summed E-state index contributed by atoms with van der Waals surface area (Å²) in [5.74, 6) is 0. The fourth-order valence-corrected chi connectivity index (χ4v) is 4.64. The second kappa shape index (κ2) is 7.10. The van der Waals surface area contributed by atoms with E-state index in [0.29, 0.717) is 18.8 Å². The SMILES string of the molecule is NS(=O)(=O)c1ccccc1N1CCN(c2ccnc3ccc(Br)cc23)CC1. The van der Waals surface area contributed by atoms with Gasteiger partial charge < -0.3 is 9.80 Å². The summed E-state index contributed by atoms with van der Waals surface area (Å²) >= 11 is 3.53. The molecule has 6 nitrogen and oxygen atoms in total. The first-order valence-electron chi connectivity index (χ1n) is 8.59. The van der Waals surface area contributed by atoms with Gasteiger partial charge in [0.15, 0.2) is 0 Å². The fourth-order valence-electron chi connectivity index (χ4n) is 3.53. The van der Waals surface area contributed by atoms with Crippen LogP contribution in [-0.2, 0) is 10.0 Å². The number of piperazine rings is 1. The standard InChI is InChI=1S/C19H19BrN4O2S/c20-14-5-6-16-15(13-14)17(7-8-22-16)23-9-11-24(12-10-23)18-3-1-2-4-19(18)27(21,25)26/h1-8,13H,9-12H2,(H2,21,25,26). The molecule has 0 radical (unpaired) electrons. The maximum absolute atomic E-state index is 11.9. The zero-order valence-corrected chi connectivity index (χ0v) is 16.9. The molecule has 27 heavy (non-hydrogen) atoms. The minimum absolute atomic E-state index is 0.178. The van der Waals surface area contributed by atoms with Gasteiger partial charge in [0.1, 0.15) is 4.90 Å². The van der Waals surface area contributed by atoms with Gasteiger partial charge in [0.2, 0.25) is 10.0 Å². The number of hydrogen-bond donors (Lipinski definition) is 1. The molecule has 2 heterocycles. The van der Waals surface area contributed by atoms with Gasteiger partial charge in [0.25, 0.3) is 0 Å². The van der Waals surface area contributed by atoms with Crippen LogP contribution in [0.15, 0.2) is 64.1 Å². The number of nitrogens with two attached hydrogens (primary N) is 1. The van der Waals surface area contributed by atoms with Crippen molar-refractivity contribution in [2.24, 2.45) is 5.14 Å². The first-order chi connectivity index (χ1) is 12.9. The molecular weight excluding hydrogens is 428 g/mol.